The molecule has 0 bridgehead atoms. The molecule has 0 saturated heterocycles. The molecule has 0 heterocycles. The summed E-state index contributed by atoms with van der Waals surface area (Å²) in [5.74, 6) is -0.639. The molecule has 16 heavy (non-hydrogen) atoms. The molecule has 0 aliphatic rings. The van der Waals surface area contributed by atoms with E-state index in [9.17, 15) is 9.18 Å². The van der Waals surface area contributed by atoms with Gasteiger partial charge >= 0.3 is 0 Å². The number of carbonyl (C=O) groups excluding carboxylic acids is 1. The standard InChI is InChI=1S/C11H13ClFNO2/c1-16-7-9-4-8(2-3-10(9)13)6-14-11(15)5-12/h2-4H,5-7H2,1H3,(H,14,15). The number of ether oxygens (including phenoxy) is 1. The minimum absolute atomic E-state index is 0.0773. The second kappa shape index (κ2) is 6.45. The molecule has 0 spiro atoms. The van der Waals surface area contributed by atoms with E-state index in [0.717, 1.165) is 5.56 Å². The van der Waals surface area contributed by atoms with E-state index in [1.807, 2.05) is 0 Å². The van der Waals surface area contributed by atoms with Gasteiger partial charge in [0.25, 0.3) is 0 Å². The zero-order chi connectivity index (χ0) is 12.0. The second-order valence-electron chi connectivity index (χ2n) is 3.27. The van der Waals surface area contributed by atoms with Crippen LogP contribution < -0.4 is 5.32 Å². The van der Waals surface area contributed by atoms with E-state index in [-0.39, 0.29) is 24.2 Å². The highest BCUT2D eigenvalue weighted by atomic mass is 35.5. The minimum Gasteiger partial charge on any atom is -0.380 e. The predicted molar refractivity (Wildman–Crippen MR) is 59.7 cm³/mol. The van der Waals surface area contributed by atoms with Crippen molar-refractivity contribution >= 4 is 17.5 Å². The molecule has 0 aliphatic heterocycles. The average molecular weight is 246 g/mol. The minimum atomic E-state index is -0.311. The van der Waals surface area contributed by atoms with Crippen molar-refractivity contribution in [3.63, 3.8) is 0 Å². The Labute approximate surface area is 98.5 Å². The first-order valence-corrected chi connectivity index (χ1v) is 5.29. The van der Waals surface area contributed by atoms with Crippen molar-refractivity contribution in [3.8, 4) is 0 Å². The lowest BCUT2D eigenvalue weighted by atomic mass is 10.1. The molecule has 1 amide bonds. The van der Waals surface area contributed by atoms with Gasteiger partial charge in [0.15, 0.2) is 0 Å². The van der Waals surface area contributed by atoms with Crippen molar-refractivity contribution in [1.29, 1.82) is 0 Å². The van der Waals surface area contributed by atoms with Crippen LogP contribution in [0, 0.1) is 5.82 Å². The summed E-state index contributed by atoms with van der Waals surface area (Å²) in [4.78, 5) is 10.9. The van der Waals surface area contributed by atoms with E-state index >= 15 is 0 Å². The van der Waals surface area contributed by atoms with Crippen LogP contribution in [0.1, 0.15) is 11.1 Å². The molecule has 5 heteroatoms. The Balaban J connectivity index is 2.67. The smallest absolute Gasteiger partial charge is 0.235 e. The Kier molecular flexibility index (Phi) is 5.22. The largest absolute Gasteiger partial charge is 0.380 e. The van der Waals surface area contributed by atoms with E-state index in [0.29, 0.717) is 12.1 Å². The van der Waals surface area contributed by atoms with Crippen LogP contribution in [0.15, 0.2) is 18.2 Å². The first kappa shape index (κ1) is 12.9. The van der Waals surface area contributed by atoms with Gasteiger partial charge in [-0.05, 0) is 17.7 Å². The highest BCUT2D eigenvalue weighted by molar-refractivity contribution is 6.27. The number of amides is 1. The molecular formula is C11H13ClFNO2. The molecule has 88 valence electrons. The Bertz CT molecular complexity index is 371. The van der Waals surface area contributed by atoms with E-state index in [1.54, 1.807) is 12.1 Å². The summed E-state index contributed by atoms with van der Waals surface area (Å²) in [5.41, 5.74) is 1.28. The van der Waals surface area contributed by atoms with Gasteiger partial charge in [0.1, 0.15) is 11.7 Å². The van der Waals surface area contributed by atoms with Crippen LogP contribution >= 0.6 is 11.6 Å². The Hall–Kier alpha value is -1.13. The lowest BCUT2D eigenvalue weighted by Gasteiger charge is -2.07. The number of methoxy groups -OCH3 is 1. The summed E-state index contributed by atoms with van der Waals surface area (Å²) >= 11 is 5.33. The van der Waals surface area contributed by atoms with Gasteiger partial charge in [-0.3, -0.25) is 4.79 Å². The zero-order valence-electron chi connectivity index (χ0n) is 8.93. The maximum Gasteiger partial charge on any atom is 0.235 e. The van der Waals surface area contributed by atoms with Gasteiger partial charge in [-0.1, -0.05) is 6.07 Å². The molecule has 1 aromatic carbocycles. The van der Waals surface area contributed by atoms with Crippen molar-refractivity contribution in [3.05, 3.63) is 35.1 Å². The van der Waals surface area contributed by atoms with Gasteiger partial charge in [0.05, 0.1) is 6.61 Å². The van der Waals surface area contributed by atoms with Crippen molar-refractivity contribution in [2.75, 3.05) is 13.0 Å². The number of carbonyl (C=O) groups is 1. The summed E-state index contributed by atoms with van der Waals surface area (Å²) in [6.45, 7) is 0.547. The van der Waals surface area contributed by atoms with E-state index in [4.69, 9.17) is 16.3 Å². The normalized spacial score (nSPS) is 10.2. The number of halogens is 2. The van der Waals surface area contributed by atoms with Crippen molar-refractivity contribution in [2.45, 2.75) is 13.2 Å². The molecular weight excluding hydrogens is 233 g/mol. The van der Waals surface area contributed by atoms with Gasteiger partial charge in [-0.25, -0.2) is 4.39 Å². The number of nitrogens with one attached hydrogen (secondary N) is 1. The summed E-state index contributed by atoms with van der Waals surface area (Å²) in [7, 11) is 1.50. The quantitative estimate of drug-likeness (QED) is 0.804. The molecule has 1 rings (SSSR count). The molecule has 3 nitrogen and oxygen atoms in total. The molecule has 1 aromatic rings. The lowest BCUT2D eigenvalue weighted by molar-refractivity contribution is -0.118. The summed E-state index contributed by atoms with van der Waals surface area (Å²) in [6.07, 6.45) is 0. The fraction of sp³-hybridized carbons (Fsp3) is 0.364. The van der Waals surface area contributed by atoms with Gasteiger partial charge in [-0.2, -0.15) is 0 Å². The van der Waals surface area contributed by atoms with Crippen LogP contribution in [0.25, 0.3) is 0 Å². The third kappa shape index (κ3) is 3.79. The molecule has 0 unspecified atom stereocenters. The Morgan fingerprint density at radius 3 is 2.94 bits per heavy atom. The van der Waals surface area contributed by atoms with E-state index in [2.05, 4.69) is 5.32 Å². The number of alkyl halides is 1. The monoisotopic (exact) mass is 245 g/mol. The number of hydrogen-bond donors (Lipinski definition) is 1. The molecule has 0 aliphatic carbocycles. The molecule has 1 N–H and O–H groups in total. The van der Waals surface area contributed by atoms with E-state index < -0.39 is 0 Å². The summed E-state index contributed by atoms with van der Waals surface area (Å²) in [5, 5.41) is 2.60. The first-order chi connectivity index (χ1) is 7.67. The van der Waals surface area contributed by atoms with Crippen LogP contribution in [0.4, 0.5) is 4.39 Å². The molecule has 0 saturated carbocycles. The first-order valence-electron chi connectivity index (χ1n) is 4.76. The fourth-order valence-corrected chi connectivity index (χ4v) is 1.35. The van der Waals surface area contributed by atoms with Crippen LogP contribution in [0.2, 0.25) is 0 Å². The topological polar surface area (TPSA) is 38.3 Å². The van der Waals surface area contributed by atoms with Crippen LogP contribution in [-0.2, 0) is 22.7 Å². The Morgan fingerprint density at radius 2 is 2.31 bits per heavy atom. The van der Waals surface area contributed by atoms with Gasteiger partial charge in [0.2, 0.25) is 5.91 Å². The number of rotatable bonds is 5. The number of hydrogen-bond acceptors (Lipinski definition) is 2. The SMILES string of the molecule is COCc1cc(CNC(=O)CCl)ccc1F. The maximum atomic E-state index is 13.2. The highest BCUT2D eigenvalue weighted by Crippen LogP contribution is 2.11. The predicted octanol–water partition coefficient (Wildman–Crippen LogP) is 1.83. The Morgan fingerprint density at radius 1 is 1.56 bits per heavy atom. The summed E-state index contributed by atoms with van der Waals surface area (Å²) < 4.78 is 18.1. The molecule has 0 radical (unpaired) electrons. The molecule has 0 atom stereocenters. The molecule has 0 aromatic heterocycles. The third-order valence-electron chi connectivity index (χ3n) is 2.02. The average Bonchev–Trinajstić information content (AvgIpc) is 2.30. The van der Waals surface area contributed by atoms with Crippen molar-refractivity contribution < 1.29 is 13.9 Å². The van der Waals surface area contributed by atoms with Gasteiger partial charge < -0.3 is 10.1 Å². The maximum absolute atomic E-state index is 13.2. The fourth-order valence-electron chi connectivity index (χ4n) is 1.25. The number of benzene rings is 1. The van der Waals surface area contributed by atoms with Gasteiger partial charge in [0, 0.05) is 19.2 Å². The van der Waals surface area contributed by atoms with Crippen molar-refractivity contribution in [1.82, 2.24) is 5.32 Å². The van der Waals surface area contributed by atoms with Gasteiger partial charge in [-0.15, -0.1) is 11.6 Å². The van der Waals surface area contributed by atoms with Crippen LogP contribution in [0.3, 0.4) is 0 Å². The zero-order valence-corrected chi connectivity index (χ0v) is 9.68. The second-order valence-corrected chi connectivity index (χ2v) is 3.54. The highest BCUT2D eigenvalue weighted by Gasteiger charge is 2.04. The summed E-state index contributed by atoms with van der Waals surface area (Å²) in [6, 6.07) is 4.63. The van der Waals surface area contributed by atoms with E-state index in [1.165, 1.54) is 13.2 Å². The lowest BCUT2D eigenvalue weighted by Crippen LogP contribution is -2.23. The van der Waals surface area contributed by atoms with Crippen LogP contribution in [-0.4, -0.2) is 18.9 Å². The van der Waals surface area contributed by atoms with Crippen LogP contribution in [0.5, 0.6) is 0 Å². The molecule has 0 fully saturated rings. The van der Waals surface area contributed by atoms with Crippen molar-refractivity contribution in [2.24, 2.45) is 0 Å². The third-order valence-corrected chi connectivity index (χ3v) is 2.26.